The van der Waals surface area contributed by atoms with E-state index >= 15 is 0 Å². The number of carbonyl (C=O) groups excluding carboxylic acids is 1. The maximum Gasteiger partial charge on any atom is 0.232 e. The van der Waals surface area contributed by atoms with Gasteiger partial charge in [-0.2, -0.15) is 0 Å². The van der Waals surface area contributed by atoms with Gasteiger partial charge in [-0.3, -0.25) is 4.79 Å². The van der Waals surface area contributed by atoms with Crippen LogP contribution in [0.3, 0.4) is 0 Å². The van der Waals surface area contributed by atoms with Crippen molar-refractivity contribution in [3.05, 3.63) is 0 Å². The summed E-state index contributed by atoms with van der Waals surface area (Å²) in [6.07, 6.45) is 1.01. The van der Waals surface area contributed by atoms with E-state index in [1.54, 1.807) is 14.0 Å². The molecule has 7 heteroatoms. The van der Waals surface area contributed by atoms with Gasteiger partial charge in [-0.05, 0) is 6.92 Å². The fourth-order valence-electron chi connectivity index (χ4n) is 1.97. The Morgan fingerprint density at radius 3 is 2.61 bits per heavy atom. The third kappa shape index (κ3) is 3.58. The molecule has 1 amide bonds. The number of nitrogens with two attached hydrogens (primary N) is 1. The fraction of sp³-hybridized carbons (Fsp3) is 0.818. The summed E-state index contributed by atoms with van der Waals surface area (Å²) in [6.45, 7) is 2.77. The van der Waals surface area contributed by atoms with Crippen molar-refractivity contribution in [3.8, 4) is 0 Å². The van der Waals surface area contributed by atoms with Gasteiger partial charge in [0, 0.05) is 39.6 Å². The Balaban J connectivity index is 2.59. The molecule has 0 aromatic carbocycles. The molecule has 4 N–H and O–H groups in total. The van der Waals surface area contributed by atoms with Crippen molar-refractivity contribution < 1.29 is 19.8 Å². The molecule has 104 valence electrons. The first-order chi connectivity index (χ1) is 8.39. The molecule has 1 aliphatic heterocycles. The highest BCUT2D eigenvalue weighted by molar-refractivity contribution is 6.01. The zero-order chi connectivity index (χ0) is 13.8. The summed E-state index contributed by atoms with van der Waals surface area (Å²) >= 11 is 0. The van der Waals surface area contributed by atoms with Gasteiger partial charge in [0.25, 0.3) is 0 Å². The van der Waals surface area contributed by atoms with E-state index in [2.05, 4.69) is 5.16 Å². The van der Waals surface area contributed by atoms with Crippen LogP contribution in [-0.4, -0.2) is 59.4 Å². The molecule has 18 heavy (non-hydrogen) atoms. The maximum atomic E-state index is 12.0. The van der Waals surface area contributed by atoms with Crippen LogP contribution >= 0.6 is 0 Å². The standard InChI is InChI=1S/C11H21N3O4/c1-8(9(12)13-17)10(15)14(2)7-11(16)3-5-18-6-4-11/h8,16-17H,3-7H2,1-2H3,(H2,12,13). The van der Waals surface area contributed by atoms with Crippen molar-refractivity contribution >= 4 is 11.7 Å². The molecule has 0 aromatic heterocycles. The van der Waals surface area contributed by atoms with Gasteiger partial charge in [0.2, 0.25) is 5.91 Å². The Morgan fingerprint density at radius 2 is 2.11 bits per heavy atom. The molecule has 1 rings (SSSR count). The van der Waals surface area contributed by atoms with E-state index in [4.69, 9.17) is 15.7 Å². The molecule has 1 unspecified atom stereocenters. The van der Waals surface area contributed by atoms with E-state index in [0.717, 1.165) is 0 Å². The van der Waals surface area contributed by atoms with E-state index in [-0.39, 0.29) is 18.3 Å². The van der Waals surface area contributed by atoms with Gasteiger partial charge in [-0.25, -0.2) is 0 Å². The van der Waals surface area contributed by atoms with Gasteiger partial charge in [-0.1, -0.05) is 5.16 Å². The van der Waals surface area contributed by atoms with Crippen LogP contribution in [0.25, 0.3) is 0 Å². The summed E-state index contributed by atoms with van der Waals surface area (Å²) in [5.41, 5.74) is 4.48. The van der Waals surface area contributed by atoms with Gasteiger partial charge in [0.1, 0.15) is 0 Å². The monoisotopic (exact) mass is 259 g/mol. The summed E-state index contributed by atoms with van der Waals surface area (Å²) in [5.74, 6) is -1.13. The zero-order valence-corrected chi connectivity index (χ0v) is 10.8. The molecule has 1 aliphatic rings. The van der Waals surface area contributed by atoms with Crippen LogP contribution in [0, 0.1) is 5.92 Å². The lowest BCUT2D eigenvalue weighted by molar-refractivity contribution is -0.138. The highest BCUT2D eigenvalue weighted by Gasteiger charge is 2.33. The second-order valence-corrected chi connectivity index (χ2v) is 4.78. The number of rotatable bonds is 4. The summed E-state index contributed by atoms with van der Waals surface area (Å²) in [4.78, 5) is 13.4. The van der Waals surface area contributed by atoms with Crippen molar-refractivity contribution in [1.82, 2.24) is 4.90 Å². The number of oxime groups is 1. The molecule has 1 saturated heterocycles. The average molecular weight is 259 g/mol. The van der Waals surface area contributed by atoms with Gasteiger partial charge in [-0.15, -0.1) is 0 Å². The topological polar surface area (TPSA) is 108 Å². The Kier molecular flexibility index (Phi) is 4.92. The van der Waals surface area contributed by atoms with Crippen LogP contribution < -0.4 is 5.73 Å². The molecule has 1 heterocycles. The van der Waals surface area contributed by atoms with Crippen molar-refractivity contribution in [1.29, 1.82) is 0 Å². The first kappa shape index (κ1) is 14.7. The van der Waals surface area contributed by atoms with Gasteiger partial charge < -0.3 is 25.7 Å². The van der Waals surface area contributed by atoms with Crippen LogP contribution in [0.15, 0.2) is 5.16 Å². The molecule has 0 saturated carbocycles. The van der Waals surface area contributed by atoms with Crippen molar-refractivity contribution in [2.75, 3.05) is 26.8 Å². The average Bonchev–Trinajstić information content (AvgIpc) is 2.36. The minimum atomic E-state index is -0.909. The molecule has 1 fully saturated rings. The van der Waals surface area contributed by atoms with E-state index in [1.807, 2.05) is 0 Å². The van der Waals surface area contributed by atoms with Crippen LogP contribution in [0.2, 0.25) is 0 Å². The lowest BCUT2D eigenvalue weighted by atomic mass is 9.93. The molecule has 7 nitrogen and oxygen atoms in total. The minimum Gasteiger partial charge on any atom is -0.409 e. The van der Waals surface area contributed by atoms with Crippen LogP contribution in [0.1, 0.15) is 19.8 Å². The number of hydrogen-bond donors (Lipinski definition) is 3. The second kappa shape index (κ2) is 6.01. The molecule has 0 aliphatic carbocycles. The number of amides is 1. The first-order valence-electron chi connectivity index (χ1n) is 5.92. The summed E-state index contributed by atoms with van der Waals surface area (Å²) in [7, 11) is 1.59. The number of likely N-dealkylation sites (N-methyl/N-ethyl adjacent to an activating group) is 1. The number of aliphatic hydroxyl groups is 1. The highest BCUT2D eigenvalue weighted by atomic mass is 16.5. The third-order valence-electron chi connectivity index (χ3n) is 3.26. The largest absolute Gasteiger partial charge is 0.409 e. The maximum absolute atomic E-state index is 12.0. The van der Waals surface area contributed by atoms with E-state index < -0.39 is 11.5 Å². The van der Waals surface area contributed by atoms with Gasteiger partial charge in [0.15, 0.2) is 5.84 Å². The van der Waals surface area contributed by atoms with E-state index in [1.165, 1.54) is 4.90 Å². The quantitative estimate of drug-likeness (QED) is 0.269. The molecule has 0 spiro atoms. The third-order valence-corrected chi connectivity index (χ3v) is 3.26. The van der Waals surface area contributed by atoms with Crippen LogP contribution in [0.4, 0.5) is 0 Å². The van der Waals surface area contributed by atoms with Gasteiger partial charge in [0.05, 0.1) is 11.5 Å². The minimum absolute atomic E-state index is 0.134. The van der Waals surface area contributed by atoms with Gasteiger partial charge >= 0.3 is 0 Å². The summed E-state index contributed by atoms with van der Waals surface area (Å²) < 4.78 is 5.17. The second-order valence-electron chi connectivity index (χ2n) is 4.78. The zero-order valence-electron chi connectivity index (χ0n) is 10.8. The Bertz CT molecular complexity index is 326. The lowest BCUT2D eigenvalue weighted by Crippen LogP contribution is -2.49. The molecule has 0 radical (unpaired) electrons. The number of amidine groups is 1. The Labute approximate surface area is 106 Å². The normalized spacial score (nSPS) is 21.4. The Morgan fingerprint density at radius 1 is 1.56 bits per heavy atom. The Hall–Kier alpha value is -1.34. The van der Waals surface area contributed by atoms with Crippen molar-refractivity contribution in [2.24, 2.45) is 16.8 Å². The van der Waals surface area contributed by atoms with Crippen LogP contribution in [-0.2, 0) is 9.53 Å². The van der Waals surface area contributed by atoms with Crippen molar-refractivity contribution in [2.45, 2.75) is 25.4 Å². The SMILES string of the molecule is CC(C(=O)N(C)CC1(O)CCOCC1)C(N)=NO. The summed E-state index contributed by atoms with van der Waals surface area (Å²) in [6, 6.07) is 0. The number of nitrogens with zero attached hydrogens (tertiary/aromatic N) is 2. The van der Waals surface area contributed by atoms with Crippen molar-refractivity contribution in [3.63, 3.8) is 0 Å². The molecule has 1 atom stereocenters. The highest BCUT2D eigenvalue weighted by Crippen LogP contribution is 2.21. The first-order valence-corrected chi connectivity index (χ1v) is 5.92. The number of hydrogen-bond acceptors (Lipinski definition) is 5. The van der Waals surface area contributed by atoms with Crippen LogP contribution in [0.5, 0.6) is 0 Å². The van der Waals surface area contributed by atoms with E-state index in [0.29, 0.717) is 26.1 Å². The molecule has 0 aromatic rings. The van der Waals surface area contributed by atoms with E-state index in [9.17, 15) is 9.90 Å². The number of carbonyl (C=O) groups is 1. The lowest BCUT2D eigenvalue weighted by Gasteiger charge is -2.36. The summed E-state index contributed by atoms with van der Waals surface area (Å²) in [5, 5.41) is 21.6. The predicted molar refractivity (Wildman–Crippen MR) is 65.2 cm³/mol. The fourth-order valence-corrected chi connectivity index (χ4v) is 1.97. The number of ether oxygens (including phenoxy) is 1. The molecule has 0 bridgehead atoms. The molecular weight excluding hydrogens is 238 g/mol. The smallest absolute Gasteiger partial charge is 0.232 e. The molecular formula is C11H21N3O4. The predicted octanol–water partition coefficient (Wildman–Crippen LogP) is -0.631.